The molecule has 0 N–H and O–H groups in total. The molecule has 88 heavy (non-hydrogen) atoms. The number of rotatable bonds is 7. The molecule has 9 aromatic carbocycles. The Morgan fingerprint density at radius 2 is 0.534 bits per heavy atom. The topological polar surface area (TPSA) is 332 Å². The molecule has 12 rings (SSSR count). The SMILES string of the molecule is N#Cc1cc(C#N)c(-c2ccc3c(c2)c2cc(-c4c(C#N)cc(C#N)cc4C#N)ccc2n3-c2ccncc2-c2ccc(C#N)cc2-n2c3ccc(-c4c(C#N)cc(C#N)cc4C#N)cc3c3cc(-c4c(C#N)cc(C#N)cc4C#N)ccc32)c(C#N)c1. The van der Waals surface area contributed by atoms with E-state index in [-0.39, 0.29) is 83.5 Å². The van der Waals surface area contributed by atoms with E-state index < -0.39 is 0 Å². The summed E-state index contributed by atoms with van der Waals surface area (Å²) >= 11 is 0. The normalized spacial score (nSPS) is 10.4. The fourth-order valence-corrected chi connectivity index (χ4v) is 11.8. The number of pyridine rings is 1. The van der Waals surface area contributed by atoms with Crippen LogP contribution < -0.4 is 0 Å². The minimum atomic E-state index is 0.0843. The van der Waals surface area contributed by atoms with Crippen molar-refractivity contribution >= 4 is 43.6 Å². The molecule has 12 aromatic rings. The fourth-order valence-electron chi connectivity index (χ4n) is 11.8. The summed E-state index contributed by atoms with van der Waals surface area (Å²) in [6.07, 6.45) is 3.31. The van der Waals surface area contributed by atoms with Crippen molar-refractivity contribution in [2.45, 2.75) is 0 Å². The molecule has 16 heteroatoms. The summed E-state index contributed by atoms with van der Waals surface area (Å²) in [6, 6.07) is 67.6. The van der Waals surface area contributed by atoms with Gasteiger partial charge in [-0.2, -0.15) is 68.4 Å². The lowest BCUT2D eigenvalue weighted by Crippen LogP contribution is -2.03. The summed E-state index contributed by atoms with van der Waals surface area (Å²) in [5.41, 5.74) is 9.12. The third kappa shape index (κ3) is 8.47. The molecular weight excluding hydrogens is 1090 g/mol. The van der Waals surface area contributed by atoms with Gasteiger partial charge < -0.3 is 9.13 Å². The van der Waals surface area contributed by atoms with Crippen LogP contribution in [0.2, 0.25) is 0 Å². The molecular formula is C72H26N16. The van der Waals surface area contributed by atoms with Gasteiger partial charge in [0.05, 0.1) is 185 Å². The molecule has 0 bridgehead atoms. The molecule has 0 aliphatic carbocycles. The molecule has 0 saturated heterocycles. The molecule has 0 aliphatic rings. The average molecular weight is 1120 g/mol. The van der Waals surface area contributed by atoms with Crippen LogP contribution >= 0.6 is 0 Å². The number of nitriles is 13. The van der Waals surface area contributed by atoms with Crippen LogP contribution in [0.4, 0.5) is 0 Å². The zero-order valence-electron chi connectivity index (χ0n) is 45.2. The molecule has 0 unspecified atom stereocenters. The molecule has 0 radical (unpaired) electrons. The van der Waals surface area contributed by atoms with Gasteiger partial charge in [-0.25, -0.2) is 0 Å². The molecule has 0 fully saturated rings. The standard InChI is InChI=1S/C72H26N16/c73-26-40-1-6-57(68(21-40)88-65-9-4-47(71-53(35-82)17-43(29-76)18-54(71)36-83)24-60(65)61-25-48(5-10-66(61)88)72-55(37-84)19-44(30-77)20-56(72)38-85)62-39-86-12-11-67(62)87-63-7-2-45(69-49(31-78)13-41(27-74)14-50(69)32-79)22-58(63)59-23-46(3-8-64(59)87)70-51(33-80)15-42(28-75)16-52(70)34-81/h1-25,39H. The van der Waals surface area contributed by atoms with Crippen molar-refractivity contribution in [3.63, 3.8) is 0 Å². The van der Waals surface area contributed by atoms with Crippen molar-refractivity contribution in [1.29, 1.82) is 68.4 Å². The lowest BCUT2D eigenvalue weighted by Gasteiger charge is -2.19. The number of hydrogen-bond acceptors (Lipinski definition) is 14. The Kier molecular flexibility index (Phi) is 13.1. The minimum Gasteiger partial charge on any atom is -0.309 e. The van der Waals surface area contributed by atoms with Gasteiger partial charge in [0.2, 0.25) is 0 Å². The molecule has 3 heterocycles. The van der Waals surface area contributed by atoms with E-state index in [1.165, 1.54) is 48.5 Å². The Balaban J connectivity index is 1.16. The molecule has 0 spiro atoms. The van der Waals surface area contributed by atoms with Gasteiger partial charge in [-0.1, -0.05) is 30.3 Å². The Morgan fingerprint density at radius 1 is 0.250 bits per heavy atom. The van der Waals surface area contributed by atoms with Gasteiger partial charge in [0.1, 0.15) is 0 Å². The highest BCUT2D eigenvalue weighted by atomic mass is 15.0. The Hall–Kier alpha value is -14.9. The number of aromatic nitrogens is 3. The molecule has 3 aromatic heterocycles. The van der Waals surface area contributed by atoms with Gasteiger partial charge in [-0.3, -0.25) is 4.98 Å². The maximum Gasteiger partial charge on any atom is 0.0999 e. The average Bonchev–Trinajstić information content (AvgIpc) is 1.63. The van der Waals surface area contributed by atoms with Crippen LogP contribution in [-0.2, 0) is 0 Å². The summed E-state index contributed by atoms with van der Waals surface area (Å²) in [4.78, 5) is 4.67. The van der Waals surface area contributed by atoms with Crippen LogP contribution in [0, 0.1) is 147 Å². The van der Waals surface area contributed by atoms with Crippen molar-refractivity contribution in [3.05, 3.63) is 230 Å². The summed E-state index contributed by atoms with van der Waals surface area (Å²) < 4.78 is 3.95. The van der Waals surface area contributed by atoms with E-state index in [9.17, 15) is 68.4 Å². The summed E-state index contributed by atoms with van der Waals surface area (Å²) in [5, 5.41) is 136. The predicted octanol–water partition coefficient (Wildman–Crippen LogP) is 13.9. The van der Waals surface area contributed by atoms with E-state index in [2.05, 4.69) is 59.6 Å². The molecule has 0 saturated carbocycles. The van der Waals surface area contributed by atoms with E-state index in [1.807, 2.05) is 88.0 Å². The van der Waals surface area contributed by atoms with Crippen molar-refractivity contribution < 1.29 is 0 Å². The zero-order chi connectivity index (χ0) is 61.5. The van der Waals surface area contributed by atoms with Gasteiger partial charge >= 0.3 is 0 Å². The van der Waals surface area contributed by atoms with Crippen LogP contribution in [-0.4, -0.2) is 14.1 Å². The summed E-state index contributed by atoms with van der Waals surface area (Å²) in [7, 11) is 0. The number of benzene rings is 9. The first-order valence-electron chi connectivity index (χ1n) is 26.2. The molecule has 0 atom stereocenters. The second-order valence-corrected chi connectivity index (χ2v) is 20.0. The molecule has 0 aliphatic heterocycles. The first-order chi connectivity index (χ1) is 43.0. The fraction of sp³-hybridized carbons (Fsp3) is 0. The second kappa shape index (κ2) is 21.5. The molecule has 16 nitrogen and oxygen atoms in total. The number of hydrogen-bond donors (Lipinski definition) is 0. The van der Waals surface area contributed by atoms with Gasteiger partial charge in [-0.05, 0) is 138 Å². The van der Waals surface area contributed by atoms with Gasteiger partial charge in [0.25, 0.3) is 0 Å². The van der Waals surface area contributed by atoms with Crippen molar-refractivity contribution in [2.75, 3.05) is 0 Å². The van der Waals surface area contributed by atoms with Crippen LogP contribution in [0.1, 0.15) is 72.3 Å². The lowest BCUT2D eigenvalue weighted by atomic mass is 9.91. The van der Waals surface area contributed by atoms with E-state index in [1.54, 1.807) is 54.9 Å². The molecule has 394 valence electrons. The predicted molar refractivity (Wildman–Crippen MR) is 321 cm³/mol. The smallest absolute Gasteiger partial charge is 0.0999 e. The van der Waals surface area contributed by atoms with E-state index in [0.29, 0.717) is 99.5 Å². The van der Waals surface area contributed by atoms with Crippen molar-refractivity contribution in [1.82, 2.24) is 14.1 Å². The van der Waals surface area contributed by atoms with Crippen molar-refractivity contribution in [2.24, 2.45) is 0 Å². The van der Waals surface area contributed by atoms with E-state index in [4.69, 9.17) is 0 Å². The minimum absolute atomic E-state index is 0.0843. The Bertz CT molecular complexity index is 5380. The largest absolute Gasteiger partial charge is 0.309 e. The van der Waals surface area contributed by atoms with Gasteiger partial charge in [-0.15, -0.1) is 0 Å². The van der Waals surface area contributed by atoms with Crippen molar-refractivity contribution in [3.8, 4) is 146 Å². The second-order valence-electron chi connectivity index (χ2n) is 20.0. The van der Waals surface area contributed by atoms with E-state index >= 15 is 0 Å². The van der Waals surface area contributed by atoms with Gasteiger partial charge in [0.15, 0.2) is 0 Å². The monoisotopic (exact) mass is 1110 g/mol. The lowest BCUT2D eigenvalue weighted by molar-refractivity contribution is 1.14. The highest BCUT2D eigenvalue weighted by molar-refractivity contribution is 6.14. The third-order valence-corrected chi connectivity index (χ3v) is 15.4. The quantitative estimate of drug-likeness (QED) is 0.143. The van der Waals surface area contributed by atoms with E-state index in [0.717, 1.165) is 0 Å². The highest BCUT2D eigenvalue weighted by Crippen LogP contribution is 2.46. The van der Waals surface area contributed by atoms with Crippen LogP contribution in [0.25, 0.3) is 111 Å². The maximum absolute atomic E-state index is 10.7. The first kappa shape index (κ1) is 53.7. The summed E-state index contributed by atoms with van der Waals surface area (Å²) in [5.74, 6) is 0. The third-order valence-electron chi connectivity index (χ3n) is 15.4. The van der Waals surface area contributed by atoms with Gasteiger partial charge in [0, 0.05) is 67.3 Å². The summed E-state index contributed by atoms with van der Waals surface area (Å²) in [6.45, 7) is 0. The Labute approximate surface area is 499 Å². The Morgan fingerprint density at radius 3 is 0.807 bits per heavy atom. The zero-order valence-corrected chi connectivity index (χ0v) is 45.2. The number of nitrogens with zero attached hydrogens (tertiary/aromatic N) is 16. The number of fused-ring (bicyclic) bond motifs is 6. The highest BCUT2D eigenvalue weighted by Gasteiger charge is 2.26. The molecule has 0 amide bonds. The van der Waals surface area contributed by atoms with Crippen LogP contribution in [0.5, 0.6) is 0 Å². The first-order valence-corrected chi connectivity index (χ1v) is 26.2. The van der Waals surface area contributed by atoms with Crippen LogP contribution in [0.15, 0.2) is 158 Å². The maximum atomic E-state index is 10.7. The van der Waals surface area contributed by atoms with Crippen LogP contribution in [0.3, 0.4) is 0 Å².